The summed E-state index contributed by atoms with van der Waals surface area (Å²) in [6, 6.07) is 19.7. The van der Waals surface area contributed by atoms with Crippen molar-refractivity contribution in [3.8, 4) is 5.69 Å². The van der Waals surface area contributed by atoms with Crippen LogP contribution in [-0.2, 0) is 0 Å². The lowest BCUT2D eigenvalue weighted by Gasteiger charge is -2.05. The van der Waals surface area contributed by atoms with Crippen LogP contribution in [0, 0.1) is 6.92 Å². The molecule has 0 fully saturated rings. The van der Waals surface area contributed by atoms with Crippen molar-refractivity contribution in [3.63, 3.8) is 0 Å². The van der Waals surface area contributed by atoms with Gasteiger partial charge in [0.15, 0.2) is 0 Å². The fraction of sp³-hybridized carbons (Fsp3) is 0.0500. The number of aromatic nitrogens is 2. The van der Waals surface area contributed by atoms with Gasteiger partial charge in [-0.1, -0.05) is 36.4 Å². The molecule has 0 radical (unpaired) electrons. The van der Waals surface area contributed by atoms with E-state index in [0.717, 1.165) is 5.69 Å². The van der Waals surface area contributed by atoms with Crippen LogP contribution in [0.2, 0.25) is 0 Å². The van der Waals surface area contributed by atoms with E-state index in [0.29, 0.717) is 22.4 Å². The Bertz CT molecular complexity index is 1150. The first kappa shape index (κ1) is 15.8. The van der Waals surface area contributed by atoms with Crippen molar-refractivity contribution in [2.45, 2.75) is 6.92 Å². The van der Waals surface area contributed by atoms with Gasteiger partial charge in [-0.05, 0) is 37.3 Å². The van der Waals surface area contributed by atoms with E-state index >= 15 is 0 Å². The van der Waals surface area contributed by atoms with Crippen LogP contribution >= 0.6 is 0 Å². The molecule has 4 aromatic rings. The Balaban J connectivity index is 1.77. The molecule has 1 N–H and O–H groups in total. The molecule has 0 aliphatic carbocycles. The third kappa shape index (κ3) is 2.77. The number of rotatable bonds is 3. The number of anilines is 1. The molecule has 128 valence electrons. The molecule has 4 rings (SSSR count). The van der Waals surface area contributed by atoms with Gasteiger partial charge in [0, 0.05) is 5.56 Å². The Hall–Kier alpha value is -3.67. The Labute approximate surface area is 148 Å². The van der Waals surface area contributed by atoms with Crippen molar-refractivity contribution in [2.75, 3.05) is 5.32 Å². The molecule has 0 saturated heterocycles. The number of fused-ring (bicyclic) bond motifs is 1. The molecule has 0 unspecified atom stereocenters. The lowest BCUT2D eigenvalue weighted by molar-refractivity contribution is 0.102. The summed E-state index contributed by atoms with van der Waals surface area (Å²) < 4.78 is 7.04. The van der Waals surface area contributed by atoms with Gasteiger partial charge >= 0.3 is 5.63 Å². The van der Waals surface area contributed by atoms with Crippen LogP contribution < -0.4 is 10.9 Å². The molecule has 0 saturated carbocycles. The Kier molecular flexibility index (Phi) is 3.85. The summed E-state index contributed by atoms with van der Waals surface area (Å²) in [5.74, 6) is -0.370. The lowest BCUT2D eigenvalue weighted by Crippen LogP contribution is -2.17. The largest absolute Gasteiger partial charge is 0.402 e. The molecule has 26 heavy (non-hydrogen) atoms. The molecule has 0 atom stereocenters. The average Bonchev–Trinajstić information content (AvgIpc) is 2.99. The van der Waals surface area contributed by atoms with Gasteiger partial charge in [-0.2, -0.15) is 9.78 Å². The van der Waals surface area contributed by atoms with Crippen LogP contribution in [0.15, 0.2) is 75.9 Å². The predicted octanol–water partition coefficient (Wildman–Crippen LogP) is 3.54. The molecule has 0 aliphatic heterocycles. The zero-order valence-corrected chi connectivity index (χ0v) is 14.0. The standard InChI is InChI=1S/C20H15N3O3/c1-13-16-12-17(21-18(24)14-8-4-2-5-9-14)20(25)26-19(16)23(22-13)15-10-6-3-7-11-15/h2-12H,1H3,(H,21,24). The highest BCUT2D eigenvalue weighted by molar-refractivity contribution is 6.04. The van der Waals surface area contributed by atoms with Gasteiger partial charge in [0.2, 0.25) is 5.71 Å². The van der Waals surface area contributed by atoms with E-state index in [1.165, 1.54) is 0 Å². The lowest BCUT2D eigenvalue weighted by atomic mass is 10.2. The molecule has 1 amide bonds. The summed E-state index contributed by atoms with van der Waals surface area (Å²) in [5.41, 5.74) is 1.75. The molecule has 2 heterocycles. The number of nitrogens with zero attached hydrogens (tertiary/aromatic N) is 2. The van der Waals surface area contributed by atoms with E-state index in [1.807, 2.05) is 43.3 Å². The highest BCUT2D eigenvalue weighted by atomic mass is 16.4. The zero-order valence-electron chi connectivity index (χ0n) is 14.0. The SMILES string of the molecule is Cc1nn(-c2ccccc2)c2oc(=O)c(NC(=O)c3ccccc3)cc12. The number of carbonyl (C=O) groups is 1. The third-order valence-electron chi connectivity index (χ3n) is 4.05. The summed E-state index contributed by atoms with van der Waals surface area (Å²) in [5, 5.41) is 7.73. The fourth-order valence-electron chi connectivity index (χ4n) is 2.74. The number of aryl methyl sites for hydroxylation is 1. The molecule has 0 aliphatic rings. The van der Waals surface area contributed by atoms with Gasteiger partial charge in [-0.25, -0.2) is 4.79 Å². The van der Waals surface area contributed by atoms with E-state index in [9.17, 15) is 9.59 Å². The maximum absolute atomic E-state index is 12.4. The maximum atomic E-state index is 12.4. The van der Waals surface area contributed by atoms with E-state index < -0.39 is 5.63 Å². The molecular formula is C20H15N3O3. The maximum Gasteiger partial charge on any atom is 0.361 e. The molecule has 6 nitrogen and oxygen atoms in total. The highest BCUT2D eigenvalue weighted by Crippen LogP contribution is 2.23. The second-order valence-electron chi connectivity index (χ2n) is 5.82. The molecular weight excluding hydrogens is 330 g/mol. The van der Waals surface area contributed by atoms with E-state index in [4.69, 9.17) is 4.42 Å². The summed E-state index contributed by atoms with van der Waals surface area (Å²) in [4.78, 5) is 24.7. The number of amides is 1. The molecule has 2 aromatic heterocycles. The highest BCUT2D eigenvalue weighted by Gasteiger charge is 2.16. The average molecular weight is 345 g/mol. The van der Waals surface area contributed by atoms with E-state index in [1.54, 1.807) is 35.0 Å². The monoisotopic (exact) mass is 345 g/mol. The quantitative estimate of drug-likeness (QED) is 0.616. The number of nitrogens with one attached hydrogen (secondary N) is 1. The summed E-state index contributed by atoms with van der Waals surface area (Å²) in [6.45, 7) is 1.82. The minimum absolute atomic E-state index is 0.0852. The van der Waals surface area contributed by atoms with Gasteiger partial charge < -0.3 is 9.73 Å². The normalized spacial score (nSPS) is 10.8. The van der Waals surface area contributed by atoms with Crippen LogP contribution in [0.1, 0.15) is 16.1 Å². The number of para-hydroxylation sites is 1. The number of carbonyl (C=O) groups excluding carboxylic acids is 1. The second kappa shape index (κ2) is 6.33. The van der Waals surface area contributed by atoms with Crippen molar-refractivity contribution in [1.82, 2.24) is 9.78 Å². The van der Waals surface area contributed by atoms with Crippen molar-refractivity contribution >= 4 is 22.7 Å². The minimum atomic E-state index is -0.626. The first-order valence-electron chi connectivity index (χ1n) is 8.09. The molecule has 2 aromatic carbocycles. The fourth-order valence-corrected chi connectivity index (χ4v) is 2.74. The van der Waals surface area contributed by atoms with Gasteiger partial charge in [-0.3, -0.25) is 4.79 Å². The van der Waals surface area contributed by atoms with Crippen molar-refractivity contribution < 1.29 is 9.21 Å². The summed E-state index contributed by atoms with van der Waals surface area (Å²) >= 11 is 0. The Morgan fingerprint density at radius 2 is 1.69 bits per heavy atom. The first-order chi connectivity index (χ1) is 12.6. The van der Waals surface area contributed by atoms with E-state index in [-0.39, 0.29) is 11.6 Å². The Morgan fingerprint density at radius 3 is 2.38 bits per heavy atom. The minimum Gasteiger partial charge on any atom is -0.402 e. The topological polar surface area (TPSA) is 77.1 Å². The van der Waals surface area contributed by atoms with Crippen molar-refractivity contribution in [2.24, 2.45) is 0 Å². The zero-order chi connectivity index (χ0) is 18.1. The van der Waals surface area contributed by atoms with Gasteiger partial charge in [0.1, 0.15) is 5.69 Å². The molecule has 6 heteroatoms. The second-order valence-corrected chi connectivity index (χ2v) is 5.82. The van der Waals surface area contributed by atoms with Crippen molar-refractivity contribution in [1.29, 1.82) is 0 Å². The van der Waals surface area contributed by atoms with Crippen LogP contribution in [0.4, 0.5) is 5.69 Å². The van der Waals surface area contributed by atoms with Gasteiger partial charge in [0.25, 0.3) is 5.91 Å². The van der Waals surface area contributed by atoms with Crippen molar-refractivity contribution in [3.05, 3.63) is 88.4 Å². The number of benzene rings is 2. The molecule has 0 bridgehead atoms. The summed E-state index contributed by atoms with van der Waals surface area (Å²) in [6.07, 6.45) is 0. The van der Waals surface area contributed by atoms with Gasteiger partial charge in [-0.15, -0.1) is 0 Å². The molecule has 0 spiro atoms. The smallest absolute Gasteiger partial charge is 0.361 e. The van der Waals surface area contributed by atoms with E-state index in [2.05, 4.69) is 10.4 Å². The number of hydrogen-bond donors (Lipinski definition) is 1. The van der Waals surface area contributed by atoms with Gasteiger partial charge in [0.05, 0.1) is 16.8 Å². The van der Waals surface area contributed by atoms with Crippen LogP contribution in [0.3, 0.4) is 0 Å². The van der Waals surface area contributed by atoms with Crippen LogP contribution in [-0.4, -0.2) is 15.7 Å². The van der Waals surface area contributed by atoms with Crippen LogP contribution in [0.5, 0.6) is 0 Å². The number of hydrogen-bond acceptors (Lipinski definition) is 4. The Morgan fingerprint density at radius 1 is 1.04 bits per heavy atom. The first-order valence-corrected chi connectivity index (χ1v) is 8.09. The predicted molar refractivity (Wildman–Crippen MR) is 98.7 cm³/mol. The summed E-state index contributed by atoms with van der Waals surface area (Å²) in [7, 11) is 0. The third-order valence-corrected chi connectivity index (χ3v) is 4.05. The van der Waals surface area contributed by atoms with Crippen LogP contribution in [0.25, 0.3) is 16.8 Å².